The van der Waals surface area contributed by atoms with Gasteiger partial charge in [0.1, 0.15) is 0 Å². The summed E-state index contributed by atoms with van der Waals surface area (Å²) in [5, 5.41) is 3.98. The fourth-order valence-electron chi connectivity index (χ4n) is 2.06. The Morgan fingerprint density at radius 1 is 1.00 bits per heavy atom. The largest absolute Gasteiger partial charge is 0.306 e. The molecule has 0 radical (unpaired) electrons. The lowest BCUT2D eigenvalue weighted by molar-refractivity contribution is 0.503. The van der Waals surface area contributed by atoms with E-state index in [0.717, 1.165) is 24.6 Å². The van der Waals surface area contributed by atoms with Crippen molar-refractivity contribution in [2.75, 3.05) is 6.54 Å². The van der Waals surface area contributed by atoms with Gasteiger partial charge in [0.25, 0.3) is 0 Å². The summed E-state index contributed by atoms with van der Waals surface area (Å²) in [6, 6.07) is 11.2. The van der Waals surface area contributed by atoms with E-state index in [0.29, 0.717) is 10.6 Å². The van der Waals surface area contributed by atoms with E-state index < -0.39 is 11.6 Å². The molecule has 0 amide bonds. The summed E-state index contributed by atoms with van der Waals surface area (Å²) in [6.45, 7) is 2.84. The Morgan fingerprint density at radius 2 is 1.65 bits per heavy atom. The van der Waals surface area contributed by atoms with Gasteiger partial charge in [0.2, 0.25) is 0 Å². The first-order chi connectivity index (χ1) is 9.61. The van der Waals surface area contributed by atoms with E-state index in [4.69, 9.17) is 11.6 Å². The number of benzene rings is 2. The van der Waals surface area contributed by atoms with Crippen LogP contribution in [0.5, 0.6) is 0 Å². The number of hydrogen-bond donors (Lipinski definition) is 1. The van der Waals surface area contributed by atoms with Crippen LogP contribution in [-0.4, -0.2) is 6.54 Å². The van der Waals surface area contributed by atoms with Crippen molar-refractivity contribution < 1.29 is 8.78 Å². The Bertz CT molecular complexity index is 569. The molecule has 2 aromatic carbocycles. The molecule has 0 spiro atoms. The highest BCUT2D eigenvalue weighted by atomic mass is 35.5. The highest BCUT2D eigenvalue weighted by molar-refractivity contribution is 6.30. The van der Waals surface area contributed by atoms with Crippen LogP contribution in [0, 0.1) is 11.6 Å². The SMILES string of the molecule is CCCNC(c1ccc(Cl)cc1)c1ccc(F)c(F)c1. The van der Waals surface area contributed by atoms with Gasteiger partial charge >= 0.3 is 0 Å². The van der Waals surface area contributed by atoms with Gasteiger partial charge in [-0.15, -0.1) is 0 Å². The summed E-state index contributed by atoms with van der Waals surface area (Å²) in [7, 11) is 0. The molecule has 0 aliphatic rings. The summed E-state index contributed by atoms with van der Waals surface area (Å²) >= 11 is 5.88. The Hall–Kier alpha value is -1.45. The van der Waals surface area contributed by atoms with E-state index in [1.807, 2.05) is 12.1 Å². The molecular formula is C16H16ClF2N. The minimum Gasteiger partial charge on any atom is -0.306 e. The van der Waals surface area contributed by atoms with E-state index in [9.17, 15) is 8.78 Å². The minimum atomic E-state index is -0.834. The summed E-state index contributed by atoms with van der Waals surface area (Å²) in [4.78, 5) is 0. The summed E-state index contributed by atoms with van der Waals surface area (Å²) in [5.41, 5.74) is 1.66. The van der Waals surface area contributed by atoms with Gasteiger partial charge in [0, 0.05) is 5.02 Å². The van der Waals surface area contributed by atoms with E-state index in [1.165, 1.54) is 6.07 Å². The predicted octanol–water partition coefficient (Wildman–Crippen LogP) is 4.71. The van der Waals surface area contributed by atoms with Gasteiger partial charge in [-0.1, -0.05) is 36.7 Å². The number of hydrogen-bond acceptors (Lipinski definition) is 1. The van der Waals surface area contributed by atoms with Crippen molar-refractivity contribution >= 4 is 11.6 Å². The van der Waals surface area contributed by atoms with Crippen LogP contribution in [0.25, 0.3) is 0 Å². The summed E-state index contributed by atoms with van der Waals surface area (Å²) in [6.07, 6.45) is 0.952. The number of rotatable bonds is 5. The van der Waals surface area contributed by atoms with Crippen LogP contribution in [-0.2, 0) is 0 Å². The van der Waals surface area contributed by atoms with E-state index in [-0.39, 0.29) is 6.04 Å². The summed E-state index contributed by atoms with van der Waals surface area (Å²) < 4.78 is 26.5. The topological polar surface area (TPSA) is 12.0 Å². The molecule has 0 saturated carbocycles. The van der Waals surface area contributed by atoms with E-state index in [2.05, 4.69) is 12.2 Å². The fourth-order valence-corrected chi connectivity index (χ4v) is 2.19. The van der Waals surface area contributed by atoms with Crippen LogP contribution in [0.1, 0.15) is 30.5 Å². The molecular weight excluding hydrogens is 280 g/mol. The molecule has 0 heterocycles. The van der Waals surface area contributed by atoms with Crippen LogP contribution in [0.15, 0.2) is 42.5 Å². The third-order valence-electron chi connectivity index (χ3n) is 3.08. The predicted molar refractivity (Wildman–Crippen MR) is 77.9 cm³/mol. The Balaban J connectivity index is 2.35. The van der Waals surface area contributed by atoms with Gasteiger partial charge in [0.05, 0.1) is 6.04 Å². The van der Waals surface area contributed by atoms with Crippen molar-refractivity contribution in [3.05, 3.63) is 70.2 Å². The van der Waals surface area contributed by atoms with Gasteiger partial charge in [-0.25, -0.2) is 8.78 Å². The lowest BCUT2D eigenvalue weighted by atomic mass is 9.98. The maximum atomic E-state index is 13.4. The van der Waals surface area contributed by atoms with E-state index >= 15 is 0 Å². The van der Waals surface area contributed by atoms with Gasteiger partial charge in [-0.2, -0.15) is 0 Å². The molecule has 1 nitrogen and oxygen atoms in total. The highest BCUT2D eigenvalue weighted by Gasteiger charge is 2.15. The van der Waals surface area contributed by atoms with Gasteiger partial charge in [0.15, 0.2) is 11.6 Å². The van der Waals surface area contributed by atoms with Gasteiger partial charge < -0.3 is 5.32 Å². The Kier molecular flexibility index (Phi) is 5.10. The molecule has 1 atom stereocenters. The van der Waals surface area contributed by atoms with Crippen LogP contribution in [0.3, 0.4) is 0 Å². The second-order valence-electron chi connectivity index (χ2n) is 4.61. The molecule has 106 valence electrons. The highest BCUT2D eigenvalue weighted by Crippen LogP contribution is 2.25. The molecule has 2 aromatic rings. The second kappa shape index (κ2) is 6.82. The molecule has 0 aliphatic carbocycles. The van der Waals surface area contributed by atoms with Crippen molar-refractivity contribution in [2.45, 2.75) is 19.4 Å². The van der Waals surface area contributed by atoms with Crippen molar-refractivity contribution in [3.63, 3.8) is 0 Å². The first kappa shape index (κ1) is 14.9. The van der Waals surface area contributed by atoms with Gasteiger partial charge in [-0.3, -0.25) is 0 Å². The molecule has 1 N–H and O–H groups in total. The molecule has 0 fully saturated rings. The van der Waals surface area contributed by atoms with Crippen LogP contribution >= 0.6 is 11.6 Å². The first-order valence-electron chi connectivity index (χ1n) is 6.55. The Labute approximate surface area is 122 Å². The Morgan fingerprint density at radius 3 is 2.25 bits per heavy atom. The maximum absolute atomic E-state index is 13.4. The number of nitrogens with one attached hydrogen (secondary N) is 1. The molecule has 1 unspecified atom stereocenters. The second-order valence-corrected chi connectivity index (χ2v) is 5.05. The standard InChI is InChI=1S/C16H16ClF2N/c1-2-9-20-16(11-3-6-13(17)7-4-11)12-5-8-14(18)15(19)10-12/h3-8,10,16,20H,2,9H2,1H3. The molecule has 0 bridgehead atoms. The lowest BCUT2D eigenvalue weighted by Crippen LogP contribution is -2.23. The zero-order valence-corrected chi connectivity index (χ0v) is 11.9. The average Bonchev–Trinajstić information content (AvgIpc) is 2.45. The third kappa shape index (κ3) is 3.56. The average molecular weight is 296 g/mol. The summed E-state index contributed by atoms with van der Waals surface area (Å²) in [5.74, 6) is -1.67. The molecule has 4 heteroatoms. The smallest absolute Gasteiger partial charge is 0.159 e. The quantitative estimate of drug-likeness (QED) is 0.842. The van der Waals surface area contributed by atoms with Crippen LogP contribution in [0.4, 0.5) is 8.78 Å². The van der Waals surface area contributed by atoms with Crippen LogP contribution < -0.4 is 5.32 Å². The fraction of sp³-hybridized carbons (Fsp3) is 0.250. The zero-order valence-electron chi connectivity index (χ0n) is 11.2. The van der Waals surface area contributed by atoms with Crippen molar-refractivity contribution in [1.82, 2.24) is 5.32 Å². The normalized spacial score (nSPS) is 12.4. The molecule has 20 heavy (non-hydrogen) atoms. The lowest BCUT2D eigenvalue weighted by Gasteiger charge is -2.20. The monoisotopic (exact) mass is 295 g/mol. The maximum Gasteiger partial charge on any atom is 0.159 e. The van der Waals surface area contributed by atoms with Crippen molar-refractivity contribution in [3.8, 4) is 0 Å². The number of halogens is 3. The third-order valence-corrected chi connectivity index (χ3v) is 3.33. The van der Waals surface area contributed by atoms with Crippen molar-refractivity contribution in [2.24, 2.45) is 0 Å². The van der Waals surface area contributed by atoms with Gasteiger partial charge in [-0.05, 0) is 48.4 Å². The molecule has 0 aliphatic heterocycles. The molecule has 2 rings (SSSR count). The minimum absolute atomic E-state index is 0.178. The van der Waals surface area contributed by atoms with E-state index in [1.54, 1.807) is 18.2 Å². The zero-order chi connectivity index (χ0) is 14.5. The van der Waals surface area contributed by atoms with Crippen LogP contribution in [0.2, 0.25) is 5.02 Å². The first-order valence-corrected chi connectivity index (χ1v) is 6.93. The molecule has 0 aromatic heterocycles. The van der Waals surface area contributed by atoms with Crippen molar-refractivity contribution in [1.29, 1.82) is 0 Å². The molecule has 0 saturated heterocycles.